The monoisotopic (exact) mass is 356 g/mol. The molecule has 0 radical (unpaired) electrons. The van der Waals surface area contributed by atoms with Gasteiger partial charge in [-0.05, 0) is 46.5 Å². The summed E-state index contributed by atoms with van der Waals surface area (Å²) in [6.07, 6.45) is 1.80. The van der Waals surface area contributed by atoms with Crippen LogP contribution in [0.3, 0.4) is 0 Å². The lowest BCUT2D eigenvalue weighted by Crippen LogP contribution is -2.28. The summed E-state index contributed by atoms with van der Waals surface area (Å²) >= 11 is 3.48. The summed E-state index contributed by atoms with van der Waals surface area (Å²) in [7, 11) is 0. The SMILES string of the molecule is O=C(O)C1CCCOC1c1cc(Br)c2c(c1)OCCCO2. The number of carboxylic acid groups (broad SMARTS) is 1. The highest BCUT2D eigenvalue weighted by atomic mass is 79.9. The largest absolute Gasteiger partial charge is 0.490 e. The van der Waals surface area contributed by atoms with Crippen molar-refractivity contribution >= 4 is 21.9 Å². The van der Waals surface area contributed by atoms with Crippen molar-refractivity contribution in [2.75, 3.05) is 19.8 Å². The zero-order valence-electron chi connectivity index (χ0n) is 11.5. The smallest absolute Gasteiger partial charge is 0.309 e. The Morgan fingerprint density at radius 3 is 2.81 bits per heavy atom. The Kier molecular flexibility index (Phi) is 4.35. The Hall–Kier alpha value is -1.27. The minimum absolute atomic E-state index is 0.440. The molecule has 2 aliphatic heterocycles. The molecular weight excluding hydrogens is 340 g/mol. The first kappa shape index (κ1) is 14.7. The van der Waals surface area contributed by atoms with Gasteiger partial charge in [0.1, 0.15) is 0 Å². The van der Waals surface area contributed by atoms with E-state index in [4.69, 9.17) is 14.2 Å². The predicted molar refractivity (Wildman–Crippen MR) is 78.8 cm³/mol. The van der Waals surface area contributed by atoms with Crippen LogP contribution in [-0.2, 0) is 9.53 Å². The van der Waals surface area contributed by atoms with Gasteiger partial charge in [-0.25, -0.2) is 0 Å². The zero-order valence-corrected chi connectivity index (χ0v) is 13.1. The zero-order chi connectivity index (χ0) is 14.8. The number of rotatable bonds is 2. The summed E-state index contributed by atoms with van der Waals surface area (Å²) in [6.45, 7) is 1.79. The van der Waals surface area contributed by atoms with Crippen molar-refractivity contribution in [2.24, 2.45) is 5.92 Å². The number of hydrogen-bond donors (Lipinski definition) is 1. The van der Waals surface area contributed by atoms with Crippen LogP contribution in [0.15, 0.2) is 16.6 Å². The highest BCUT2D eigenvalue weighted by Crippen LogP contribution is 2.43. The molecule has 2 heterocycles. The molecule has 1 saturated heterocycles. The van der Waals surface area contributed by atoms with Gasteiger partial charge in [-0.2, -0.15) is 0 Å². The van der Waals surface area contributed by atoms with Gasteiger partial charge < -0.3 is 19.3 Å². The van der Waals surface area contributed by atoms with Gasteiger partial charge in [-0.1, -0.05) is 0 Å². The minimum atomic E-state index is -0.817. The third-order valence-corrected chi connectivity index (χ3v) is 4.38. The molecule has 2 atom stereocenters. The van der Waals surface area contributed by atoms with E-state index in [9.17, 15) is 9.90 Å². The average Bonchev–Trinajstić information content (AvgIpc) is 2.73. The van der Waals surface area contributed by atoms with Crippen LogP contribution < -0.4 is 9.47 Å². The fraction of sp³-hybridized carbons (Fsp3) is 0.533. The van der Waals surface area contributed by atoms with Gasteiger partial charge in [0.25, 0.3) is 0 Å². The fourth-order valence-electron chi connectivity index (χ4n) is 2.78. The molecule has 114 valence electrons. The maximum Gasteiger partial charge on any atom is 0.309 e. The van der Waals surface area contributed by atoms with Crippen molar-refractivity contribution in [2.45, 2.75) is 25.4 Å². The topological polar surface area (TPSA) is 65.0 Å². The molecule has 1 N–H and O–H groups in total. The Morgan fingerprint density at radius 2 is 2.00 bits per heavy atom. The van der Waals surface area contributed by atoms with Crippen molar-refractivity contribution in [3.05, 3.63) is 22.2 Å². The molecule has 2 aliphatic rings. The normalized spacial score (nSPS) is 25.2. The van der Waals surface area contributed by atoms with E-state index < -0.39 is 18.0 Å². The van der Waals surface area contributed by atoms with E-state index in [0.29, 0.717) is 37.7 Å². The molecule has 0 amide bonds. The quantitative estimate of drug-likeness (QED) is 0.881. The molecule has 6 heteroatoms. The van der Waals surface area contributed by atoms with Crippen LogP contribution in [-0.4, -0.2) is 30.9 Å². The van der Waals surface area contributed by atoms with Crippen molar-refractivity contribution in [1.82, 2.24) is 0 Å². The molecule has 0 bridgehead atoms. The van der Waals surface area contributed by atoms with E-state index in [1.165, 1.54) is 0 Å². The summed E-state index contributed by atoms with van der Waals surface area (Å²) in [5.41, 5.74) is 0.818. The molecule has 1 aromatic carbocycles. The number of carbonyl (C=O) groups is 1. The Bertz CT molecular complexity index is 545. The van der Waals surface area contributed by atoms with Gasteiger partial charge >= 0.3 is 5.97 Å². The van der Waals surface area contributed by atoms with Crippen LogP contribution in [0.25, 0.3) is 0 Å². The van der Waals surface area contributed by atoms with E-state index in [-0.39, 0.29) is 0 Å². The molecule has 5 nitrogen and oxygen atoms in total. The number of aliphatic carboxylic acids is 1. The number of fused-ring (bicyclic) bond motifs is 1. The number of ether oxygens (including phenoxy) is 3. The summed E-state index contributed by atoms with van der Waals surface area (Å²) in [5, 5.41) is 9.38. The number of carboxylic acids is 1. The van der Waals surface area contributed by atoms with E-state index in [1.54, 1.807) is 0 Å². The predicted octanol–water partition coefficient (Wildman–Crippen LogP) is 3.16. The molecule has 1 fully saturated rings. The molecule has 1 aromatic rings. The second-order valence-electron chi connectivity index (χ2n) is 5.26. The Labute approximate surface area is 131 Å². The maximum absolute atomic E-state index is 11.4. The highest BCUT2D eigenvalue weighted by Gasteiger charge is 2.34. The molecule has 2 unspecified atom stereocenters. The van der Waals surface area contributed by atoms with E-state index >= 15 is 0 Å². The minimum Gasteiger partial charge on any atom is -0.490 e. The number of benzene rings is 1. The maximum atomic E-state index is 11.4. The van der Waals surface area contributed by atoms with Gasteiger partial charge in [-0.15, -0.1) is 0 Å². The molecular formula is C15H17BrO5. The van der Waals surface area contributed by atoms with Crippen molar-refractivity contribution in [3.8, 4) is 11.5 Å². The van der Waals surface area contributed by atoms with Gasteiger partial charge in [-0.3, -0.25) is 4.79 Å². The lowest BCUT2D eigenvalue weighted by Gasteiger charge is -2.29. The lowest BCUT2D eigenvalue weighted by molar-refractivity contribution is -0.151. The van der Waals surface area contributed by atoms with E-state index in [2.05, 4.69) is 15.9 Å². The second-order valence-corrected chi connectivity index (χ2v) is 6.11. The fourth-order valence-corrected chi connectivity index (χ4v) is 3.35. The average molecular weight is 357 g/mol. The van der Waals surface area contributed by atoms with Crippen LogP contribution in [0.1, 0.15) is 30.9 Å². The van der Waals surface area contributed by atoms with Crippen LogP contribution in [0.4, 0.5) is 0 Å². The van der Waals surface area contributed by atoms with Crippen molar-refractivity contribution in [1.29, 1.82) is 0 Å². The van der Waals surface area contributed by atoms with Crippen molar-refractivity contribution < 1.29 is 24.1 Å². The van der Waals surface area contributed by atoms with Crippen LogP contribution in [0.2, 0.25) is 0 Å². The number of hydrogen-bond acceptors (Lipinski definition) is 4. The Morgan fingerprint density at radius 1 is 1.19 bits per heavy atom. The van der Waals surface area contributed by atoms with Crippen molar-refractivity contribution in [3.63, 3.8) is 0 Å². The summed E-state index contributed by atoms with van der Waals surface area (Å²) in [4.78, 5) is 11.4. The lowest BCUT2D eigenvalue weighted by atomic mass is 9.89. The van der Waals surface area contributed by atoms with E-state index in [1.807, 2.05) is 12.1 Å². The molecule has 0 spiro atoms. The summed E-state index contributed by atoms with van der Waals surface area (Å²) < 4.78 is 17.9. The molecule has 21 heavy (non-hydrogen) atoms. The van der Waals surface area contributed by atoms with E-state index in [0.717, 1.165) is 22.9 Å². The third kappa shape index (κ3) is 3.01. The van der Waals surface area contributed by atoms with Gasteiger partial charge in [0.15, 0.2) is 11.5 Å². The Balaban J connectivity index is 1.96. The van der Waals surface area contributed by atoms with Gasteiger partial charge in [0, 0.05) is 13.0 Å². The van der Waals surface area contributed by atoms with Gasteiger partial charge in [0.2, 0.25) is 0 Å². The van der Waals surface area contributed by atoms with Crippen LogP contribution >= 0.6 is 15.9 Å². The summed E-state index contributed by atoms with van der Waals surface area (Å²) in [5.74, 6) is -0.00699. The third-order valence-electron chi connectivity index (χ3n) is 3.79. The number of halogens is 1. The van der Waals surface area contributed by atoms with Crippen LogP contribution in [0.5, 0.6) is 11.5 Å². The highest BCUT2D eigenvalue weighted by molar-refractivity contribution is 9.10. The van der Waals surface area contributed by atoms with Crippen LogP contribution in [0, 0.1) is 5.92 Å². The standard InChI is InChI=1S/C15H17BrO5/c16-11-7-9(8-12-14(11)21-6-2-5-19-12)13-10(15(17)18)3-1-4-20-13/h7-8,10,13H,1-6H2,(H,17,18). The molecule has 0 aliphatic carbocycles. The first-order valence-electron chi connectivity index (χ1n) is 7.10. The molecule has 0 saturated carbocycles. The molecule has 0 aromatic heterocycles. The first-order chi connectivity index (χ1) is 10.2. The molecule has 3 rings (SSSR count). The second kappa shape index (κ2) is 6.23. The van der Waals surface area contributed by atoms with Gasteiger partial charge in [0.05, 0.1) is 29.7 Å². The first-order valence-corrected chi connectivity index (χ1v) is 7.89. The summed E-state index contributed by atoms with van der Waals surface area (Å²) in [6, 6.07) is 3.72.